The lowest BCUT2D eigenvalue weighted by atomic mass is 10.0. The van der Waals surface area contributed by atoms with Gasteiger partial charge in [0.15, 0.2) is 0 Å². The number of rotatable bonds is 10. The quantitative estimate of drug-likeness (QED) is 0.519. The van der Waals surface area contributed by atoms with E-state index in [4.69, 9.17) is 10.5 Å². The minimum Gasteiger partial charge on any atom is -0.497 e. The molecule has 0 spiro atoms. The van der Waals surface area contributed by atoms with E-state index in [0.717, 1.165) is 10.6 Å². The summed E-state index contributed by atoms with van der Waals surface area (Å²) in [6, 6.07) is 10.1. The van der Waals surface area contributed by atoms with Gasteiger partial charge in [-0.3, -0.25) is 9.59 Å². The number of carbonyl (C=O) groups is 2. The molecule has 1 aromatic carbocycles. The molecule has 2 atom stereocenters. The molecule has 2 unspecified atom stereocenters. The third-order valence-electron chi connectivity index (χ3n) is 4.23. The van der Waals surface area contributed by atoms with E-state index in [-0.39, 0.29) is 17.9 Å². The number of carbonyl (C=O) groups excluding carboxylic acids is 2. The summed E-state index contributed by atoms with van der Waals surface area (Å²) in [4.78, 5) is 25.8. The molecule has 156 valence electrons. The Bertz CT molecular complexity index is 801. The van der Waals surface area contributed by atoms with Crippen molar-refractivity contribution in [1.29, 1.82) is 0 Å². The third-order valence-corrected chi connectivity index (χ3v) is 5.13. The van der Waals surface area contributed by atoms with Crippen LogP contribution in [-0.2, 0) is 16.0 Å². The van der Waals surface area contributed by atoms with Crippen molar-refractivity contribution in [1.82, 2.24) is 5.32 Å². The van der Waals surface area contributed by atoms with Crippen molar-refractivity contribution in [3.63, 3.8) is 0 Å². The van der Waals surface area contributed by atoms with Crippen molar-refractivity contribution < 1.29 is 14.3 Å². The number of methoxy groups -OCH3 is 1. The first-order chi connectivity index (χ1) is 13.9. The number of ether oxygens (including phenoxy) is 1. The fourth-order valence-electron chi connectivity index (χ4n) is 2.78. The monoisotopic (exact) mass is 415 g/mol. The number of nitrogens with two attached hydrogens (primary N) is 1. The van der Waals surface area contributed by atoms with Crippen molar-refractivity contribution >= 4 is 28.8 Å². The maximum Gasteiger partial charge on any atom is 0.248 e. The van der Waals surface area contributed by atoms with Crippen molar-refractivity contribution in [3.05, 3.63) is 58.8 Å². The van der Waals surface area contributed by atoms with E-state index in [1.54, 1.807) is 48.8 Å². The molecule has 2 aromatic rings. The van der Waals surface area contributed by atoms with Crippen LogP contribution in [0.15, 0.2) is 53.9 Å². The lowest BCUT2D eigenvalue weighted by Crippen LogP contribution is -2.46. The van der Waals surface area contributed by atoms with Crippen LogP contribution < -0.4 is 21.1 Å². The molecule has 29 heavy (non-hydrogen) atoms. The number of hydrogen-bond donors (Lipinski definition) is 3. The largest absolute Gasteiger partial charge is 0.497 e. The third kappa shape index (κ3) is 8.09. The zero-order chi connectivity index (χ0) is 21.2. The lowest BCUT2D eigenvalue weighted by molar-refractivity contribution is -0.122. The second-order valence-corrected chi connectivity index (χ2v) is 8.24. The van der Waals surface area contributed by atoms with Crippen molar-refractivity contribution in [3.8, 4) is 5.75 Å². The molecule has 2 rings (SSSR count). The zero-order valence-corrected chi connectivity index (χ0v) is 17.9. The van der Waals surface area contributed by atoms with Gasteiger partial charge >= 0.3 is 0 Å². The van der Waals surface area contributed by atoms with Gasteiger partial charge in [0.25, 0.3) is 0 Å². The molecule has 0 fully saturated rings. The highest BCUT2D eigenvalue weighted by Gasteiger charge is 2.18. The second-order valence-electron chi connectivity index (χ2n) is 7.21. The van der Waals surface area contributed by atoms with Crippen LogP contribution in [0.1, 0.15) is 25.1 Å². The van der Waals surface area contributed by atoms with E-state index in [2.05, 4.69) is 24.5 Å². The minimum atomic E-state index is -0.621. The van der Waals surface area contributed by atoms with Gasteiger partial charge in [0, 0.05) is 29.1 Å². The van der Waals surface area contributed by atoms with Gasteiger partial charge in [-0.1, -0.05) is 26.0 Å². The average Bonchev–Trinajstić information content (AvgIpc) is 3.19. The van der Waals surface area contributed by atoms with E-state index in [1.165, 1.54) is 6.08 Å². The Morgan fingerprint density at radius 1 is 1.21 bits per heavy atom. The van der Waals surface area contributed by atoms with Gasteiger partial charge in [-0.25, -0.2) is 0 Å². The van der Waals surface area contributed by atoms with Crippen LogP contribution in [-0.4, -0.2) is 31.0 Å². The SMILES string of the molecule is COc1ccc(NC(=O)C=CC(CC(C)C)NC(=O)C(N)Cc2cccs2)cc1. The first-order valence-electron chi connectivity index (χ1n) is 9.59. The van der Waals surface area contributed by atoms with Crippen LogP contribution in [0, 0.1) is 5.92 Å². The van der Waals surface area contributed by atoms with E-state index in [1.807, 2.05) is 17.5 Å². The molecular formula is C22H29N3O3S. The van der Waals surface area contributed by atoms with Gasteiger partial charge in [0.05, 0.1) is 13.2 Å². The molecule has 0 radical (unpaired) electrons. The van der Waals surface area contributed by atoms with Gasteiger partial charge in [-0.15, -0.1) is 11.3 Å². The topological polar surface area (TPSA) is 93.5 Å². The van der Waals surface area contributed by atoms with E-state index < -0.39 is 6.04 Å². The first kappa shape index (κ1) is 22.6. The lowest BCUT2D eigenvalue weighted by Gasteiger charge is -2.20. The Hall–Kier alpha value is -2.64. The Morgan fingerprint density at radius 2 is 1.93 bits per heavy atom. The van der Waals surface area contributed by atoms with Crippen LogP contribution in [0.5, 0.6) is 5.75 Å². The molecular weight excluding hydrogens is 386 g/mol. The predicted octanol–water partition coefficient (Wildman–Crippen LogP) is 3.35. The highest BCUT2D eigenvalue weighted by molar-refractivity contribution is 7.09. The smallest absolute Gasteiger partial charge is 0.248 e. The van der Waals surface area contributed by atoms with Gasteiger partial charge in [0.2, 0.25) is 11.8 Å². The van der Waals surface area contributed by atoms with Gasteiger partial charge in [0.1, 0.15) is 5.75 Å². The highest BCUT2D eigenvalue weighted by Crippen LogP contribution is 2.15. The predicted molar refractivity (Wildman–Crippen MR) is 118 cm³/mol. The average molecular weight is 416 g/mol. The van der Waals surface area contributed by atoms with Crippen molar-refractivity contribution in [2.75, 3.05) is 12.4 Å². The van der Waals surface area contributed by atoms with Crippen LogP contribution >= 0.6 is 11.3 Å². The van der Waals surface area contributed by atoms with Crippen LogP contribution in [0.2, 0.25) is 0 Å². The maximum atomic E-state index is 12.5. The number of anilines is 1. The molecule has 6 nitrogen and oxygen atoms in total. The maximum absolute atomic E-state index is 12.5. The zero-order valence-electron chi connectivity index (χ0n) is 17.1. The molecule has 1 heterocycles. The summed E-state index contributed by atoms with van der Waals surface area (Å²) in [5, 5.41) is 7.71. The van der Waals surface area contributed by atoms with Gasteiger partial charge in [-0.2, -0.15) is 0 Å². The molecule has 0 bridgehead atoms. The summed E-state index contributed by atoms with van der Waals surface area (Å²) in [6.07, 6.45) is 4.38. The standard InChI is InChI=1S/C22H29N3O3S/c1-15(2)13-17(25-22(27)20(23)14-19-5-4-12-29-19)8-11-21(26)24-16-6-9-18(28-3)10-7-16/h4-12,15,17,20H,13-14,23H2,1-3H3,(H,24,26)(H,25,27). The molecule has 0 aliphatic rings. The Kier molecular flexibility index (Phi) is 8.89. The fourth-order valence-corrected chi connectivity index (χ4v) is 3.55. The molecule has 0 saturated carbocycles. The summed E-state index contributed by atoms with van der Waals surface area (Å²) < 4.78 is 5.10. The highest BCUT2D eigenvalue weighted by atomic mass is 32.1. The van der Waals surface area contributed by atoms with E-state index >= 15 is 0 Å². The van der Waals surface area contributed by atoms with Crippen LogP contribution in [0.4, 0.5) is 5.69 Å². The Labute approximate surface area is 176 Å². The molecule has 0 aliphatic carbocycles. The summed E-state index contributed by atoms with van der Waals surface area (Å²) in [7, 11) is 1.59. The van der Waals surface area contributed by atoms with Gasteiger partial charge in [-0.05, 0) is 48.1 Å². The summed E-state index contributed by atoms with van der Waals surface area (Å²) in [5.74, 6) is 0.588. The normalized spacial score (nSPS) is 13.3. The number of amides is 2. The number of thiophene rings is 1. The second kappa shape index (κ2) is 11.4. The molecule has 0 aliphatic heterocycles. The molecule has 0 saturated heterocycles. The minimum absolute atomic E-state index is 0.218. The molecule has 7 heteroatoms. The Morgan fingerprint density at radius 3 is 2.52 bits per heavy atom. The molecule has 4 N–H and O–H groups in total. The van der Waals surface area contributed by atoms with Crippen LogP contribution in [0.3, 0.4) is 0 Å². The number of benzene rings is 1. The summed E-state index contributed by atoms with van der Waals surface area (Å²) in [6.45, 7) is 4.13. The van der Waals surface area contributed by atoms with Crippen molar-refractivity contribution in [2.24, 2.45) is 11.7 Å². The first-order valence-corrected chi connectivity index (χ1v) is 10.5. The van der Waals surface area contributed by atoms with E-state index in [9.17, 15) is 9.59 Å². The van der Waals surface area contributed by atoms with E-state index in [0.29, 0.717) is 24.4 Å². The van der Waals surface area contributed by atoms with Crippen LogP contribution in [0.25, 0.3) is 0 Å². The molecule has 1 aromatic heterocycles. The number of hydrogen-bond acceptors (Lipinski definition) is 5. The van der Waals surface area contributed by atoms with Gasteiger partial charge < -0.3 is 21.1 Å². The summed E-state index contributed by atoms with van der Waals surface area (Å²) in [5.41, 5.74) is 6.72. The molecule has 2 amide bonds. The Balaban J connectivity index is 1.93. The summed E-state index contributed by atoms with van der Waals surface area (Å²) >= 11 is 1.58. The van der Waals surface area contributed by atoms with Crippen molar-refractivity contribution in [2.45, 2.75) is 38.8 Å². The number of nitrogens with one attached hydrogen (secondary N) is 2. The fraction of sp³-hybridized carbons (Fsp3) is 0.364.